The highest BCUT2D eigenvalue weighted by atomic mass is 79.9. The second-order valence-electron chi connectivity index (χ2n) is 2.92. The maximum atomic E-state index is 6.03. The summed E-state index contributed by atoms with van der Waals surface area (Å²) in [5.74, 6) is 0. The van der Waals surface area contributed by atoms with Crippen LogP contribution in [-0.4, -0.2) is 10.7 Å². The maximum Gasteiger partial charge on any atom is 0.0344 e. The lowest BCUT2D eigenvalue weighted by molar-refractivity contribution is 0.609. The van der Waals surface area contributed by atoms with Gasteiger partial charge in [0.2, 0.25) is 0 Å². The molecular formula is C9H18BrCl. The average molecular weight is 242 g/mol. The molecule has 68 valence electrons. The van der Waals surface area contributed by atoms with Crippen LogP contribution in [0.5, 0.6) is 0 Å². The zero-order valence-electron chi connectivity index (χ0n) is 7.28. The highest BCUT2D eigenvalue weighted by Gasteiger charge is 2.01. The van der Waals surface area contributed by atoms with E-state index in [1.807, 2.05) is 0 Å². The van der Waals surface area contributed by atoms with Crippen molar-refractivity contribution >= 4 is 27.5 Å². The van der Waals surface area contributed by atoms with E-state index in [2.05, 4.69) is 22.9 Å². The molecule has 0 amide bonds. The highest BCUT2D eigenvalue weighted by Crippen LogP contribution is 2.13. The molecule has 0 aromatic rings. The summed E-state index contributed by atoms with van der Waals surface area (Å²) < 4.78 is 0. The summed E-state index contributed by atoms with van der Waals surface area (Å²) >= 11 is 9.42. The van der Waals surface area contributed by atoms with Crippen LogP contribution in [0.3, 0.4) is 0 Å². The molecule has 0 N–H and O–H groups in total. The van der Waals surface area contributed by atoms with E-state index < -0.39 is 0 Å². The second-order valence-corrected chi connectivity index (χ2v) is 4.33. The molecule has 0 saturated carbocycles. The quantitative estimate of drug-likeness (QED) is 0.459. The topological polar surface area (TPSA) is 0 Å². The molecule has 0 aliphatic heterocycles. The van der Waals surface area contributed by atoms with Crippen LogP contribution in [0.25, 0.3) is 0 Å². The molecule has 0 bridgehead atoms. The van der Waals surface area contributed by atoms with E-state index in [-0.39, 0.29) is 0 Å². The highest BCUT2D eigenvalue weighted by molar-refractivity contribution is 9.09. The van der Waals surface area contributed by atoms with Crippen molar-refractivity contribution in [3.8, 4) is 0 Å². The van der Waals surface area contributed by atoms with E-state index in [1.54, 1.807) is 0 Å². The van der Waals surface area contributed by atoms with Crippen molar-refractivity contribution < 1.29 is 0 Å². The lowest BCUT2D eigenvalue weighted by Crippen LogP contribution is -1.98. The van der Waals surface area contributed by atoms with E-state index in [0.717, 1.165) is 11.8 Å². The average Bonchev–Trinajstić information content (AvgIpc) is 1.99. The Hall–Kier alpha value is 0.770. The Morgan fingerprint density at radius 1 is 1.18 bits per heavy atom. The van der Waals surface area contributed by atoms with E-state index in [0.29, 0.717) is 5.38 Å². The fourth-order valence-corrected chi connectivity index (χ4v) is 2.13. The van der Waals surface area contributed by atoms with E-state index >= 15 is 0 Å². The van der Waals surface area contributed by atoms with Gasteiger partial charge < -0.3 is 0 Å². The number of hydrogen-bond acceptors (Lipinski definition) is 0. The molecule has 1 atom stereocenters. The Kier molecular flexibility index (Phi) is 9.48. The molecule has 0 fully saturated rings. The van der Waals surface area contributed by atoms with Crippen molar-refractivity contribution in [1.29, 1.82) is 0 Å². The fourth-order valence-electron chi connectivity index (χ4n) is 1.06. The molecule has 0 aliphatic carbocycles. The van der Waals surface area contributed by atoms with Crippen molar-refractivity contribution in [3.05, 3.63) is 0 Å². The third-order valence-electron chi connectivity index (χ3n) is 1.79. The van der Waals surface area contributed by atoms with E-state index in [1.165, 1.54) is 32.1 Å². The summed E-state index contributed by atoms with van der Waals surface area (Å²) in [5.41, 5.74) is 0. The SMILES string of the molecule is CCCCCCC(Cl)CCBr. The van der Waals surface area contributed by atoms with Gasteiger partial charge in [-0.05, 0) is 12.8 Å². The summed E-state index contributed by atoms with van der Waals surface area (Å²) in [7, 11) is 0. The van der Waals surface area contributed by atoms with Crippen LogP contribution in [0.1, 0.15) is 45.4 Å². The molecule has 0 aliphatic rings. The molecule has 0 aromatic carbocycles. The van der Waals surface area contributed by atoms with Gasteiger partial charge in [0, 0.05) is 10.7 Å². The summed E-state index contributed by atoms with van der Waals surface area (Å²) in [6.07, 6.45) is 7.61. The fraction of sp³-hybridized carbons (Fsp3) is 1.00. The Morgan fingerprint density at radius 3 is 2.45 bits per heavy atom. The molecule has 0 heterocycles. The molecule has 0 rings (SSSR count). The molecule has 11 heavy (non-hydrogen) atoms. The summed E-state index contributed by atoms with van der Waals surface area (Å²) in [6, 6.07) is 0. The number of unbranched alkanes of at least 4 members (excludes halogenated alkanes) is 3. The standard InChI is InChI=1S/C9H18BrCl/c1-2-3-4-5-6-9(11)7-8-10/h9H,2-8H2,1H3. The lowest BCUT2D eigenvalue weighted by atomic mass is 10.1. The van der Waals surface area contributed by atoms with Crippen molar-refractivity contribution in [2.24, 2.45) is 0 Å². The van der Waals surface area contributed by atoms with Gasteiger partial charge in [0.25, 0.3) is 0 Å². The lowest BCUT2D eigenvalue weighted by Gasteiger charge is -2.05. The summed E-state index contributed by atoms with van der Waals surface area (Å²) in [6.45, 7) is 2.23. The normalized spacial score (nSPS) is 13.4. The van der Waals surface area contributed by atoms with Crippen molar-refractivity contribution in [2.75, 3.05) is 5.33 Å². The predicted octanol–water partition coefficient (Wildman–Crippen LogP) is 4.35. The van der Waals surface area contributed by atoms with Gasteiger partial charge in [-0.3, -0.25) is 0 Å². The molecule has 0 aromatic heterocycles. The van der Waals surface area contributed by atoms with Crippen LogP contribution in [0.15, 0.2) is 0 Å². The third kappa shape index (κ3) is 8.68. The van der Waals surface area contributed by atoms with Gasteiger partial charge in [0.05, 0.1) is 0 Å². The minimum Gasteiger partial charge on any atom is -0.123 e. The zero-order chi connectivity index (χ0) is 8.53. The molecule has 0 nitrogen and oxygen atoms in total. The first-order valence-corrected chi connectivity index (χ1v) is 6.07. The zero-order valence-corrected chi connectivity index (χ0v) is 9.62. The molecule has 0 saturated heterocycles. The smallest absolute Gasteiger partial charge is 0.0344 e. The number of halogens is 2. The summed E-state index contributed by atoms with van der Waals surface area (Å²) in [5, 5.41) is 1.43. The minimum atomic E-state index is 0.395. The first-order chi connectivity index (χ1) is 5.31. The number of hydrogen-bond donors (Lipinski definition) is 0. The van der Waals surface area contributed by atoms with Gasteiger partial charge in [0.15, 0.2) is 0 Å². The van der Waals surface area contributed by atoms with Crippen LogP contribution < -0.4 is 0 Å². The van der Waals surface area contributed by atoms with Gasteiger partial charge in [-0.15, -0.1) is 11.6 Å². The van der Waals surface area contributed by atoms with Crippen LogP contribution in [0.4, 0.5) is 0 Å². The van der Waals surface area contributed by atoms with Crippen LogP contribution in [0.2, 0.25) is 0 Å². The number of alkyl halides is 2. The summed E-state index contributed by atoms with van der Waals surface area (Å²) in [4.78, 5) is 0. The Balaban J connectivity index is 2.97. The van der Waals surface area contributed by atoms with E-state index in [9.17, 15) is 0 Å². The molecule has 1 unspecified atom stereocenters. The number of rotatable bonds is 7. The van der Waals surface area contributed by atoms with Crippen molar-refractivity contribution in [1.82, 2.24) is 0 Å². The Morgan fingerprint density at radius 2 is 1.91 bits per heavy atom. The van der Waals surface area contributed by atoms with Crippen molar-refractivity contribution in [3.63, 3.8) is 0 Å². The minimum absolute atomic E-state index is 0.395. The van der Waals surface area contributed by atoms with Gasteiger partial charge in [0.1, 0.15) is 0 Å². The Bertz CT molecular complexity index is 76.0. The van der Waals surface area contributed by atoms with Gasteiger partial charge >= 0.3 is 0 Å². The Labute approximate surface area is 83.8 Å². The van der Waals surface area contributed by atoms with Crippen LogP contribution >= 0.6 is 27.5 Å². The first kappa shape index (κ1) is 11.8. The largest absolute Gasteiger partial charge is 0.123 e. The van der Waals surface area contributed by atoms with Gasteiger partial charge in [-0.25, -0.2) is 0 Å². The monoisotopic (exact) mass is 240 g/mol. The predicted molar refractivity (Wildman–Crippen MR) is 56.8 cm³/mol. The molecule has 0 radical (unpaired) electrons. The molecule has 0 spiro atoms. The third-order valence-corrected chi connectivity index (χ3v) is 2.69. The van der Waals surface area contributed by atoms with Gasteiger partial charge in [-0.2, -0.15) is 0 Å². The van der Waals surface area contributed by atoms with E-state index in [4.69, 9.17) is 11.6 Å². The van der Waals surface area contributed by atoms with Crippen LogP contribution in [0, 0.1) is 0 Å². The van der Waals surface area contributed by atoms with Crippen molar-refractivity contribution in [2.45, 2.75) is 50.8 Å². The maximum absolute atomic E-state index is 6.03. The molecule has 2 heteroatoms. The van der Waals surface area contributed by atoms with Gasteiger partial charge in [-0.1, -0.05) is 48.5 Å². The second kappa shape index (κ2) is 8.86. The first-order valence-electron chi connectivity index (χ1n) is 4.51. The molecular weight excluding hydrogens is 223 g/mol. The van der Waals surface area contributed by atoms with Crippen LogP contribution in [-0.2, 0) is 0 Å².